The highest BCUT2D eigenvalue weighted by Gasteiger charge is 2.31. The van der Waals surface area contributed by atoms with Crippen LogP contribution in [0.5, 0.6) is 0 Å². The van der Waals surface area contributed by atoms with Crippen molar-refractivity contribution in [2.24, 2.45) is 11.8 Å². The maximum Gasteiger partial charge on any atom is 0.255 e. The van der Waals surface area contributed by atoms with Gasteiger partial charge in [0.05, 0.1) is 4.90 Å². The van der Waals surface area contributed by atoms with E-state index in [9.17, 15) is 17.6 Å². The van der Waals surface area contributed by atoms with Crippen molar-refractivity contribution in [1.82, 2.24) is 24.5 Å². The molecule has 2 atom stereocenters. The summed E-state index contributed by atoms with van der Waals surface area (Å²) in [5.74, 6) is -0.00586. The summed E-state index contributed by atoms with van der Waals surface area (Å²) in [6.07, 6.45) is 1.00. The van der Waals surface area contributed by atoms with E-state index in [1.807, 2.05) is 13.8 Å². The minimum absolute atomic E-state index is 0.0988. The molecular weight excluding hydrogens is 447 g/mol. The van der Waals surface area contributed by atoms with Crippen LogP contribution in [0, 0.1) is 24.6 Å². The number of aryl methyl sites for hydroxylation is 1. The first-order valence-electron chi connectivity index (χ1n) is 10.6. The Hall–Kier alpha value is -3.18. The van der Waals surface area contributed by atoms with Gasteiger partial charge < -0.3 is 5.32 Å². The number of halogens is 1. The lowest BCUT2D eigenvalue weighted by Crippen LogP contribution is -2.42. The van der Waals surface area contributed by atoms with Gasteiger partial charge in [-0.3, -0.25) is 4.79 Å². The molecule has 9 nitrogen and oxygen atoms in total. The number of anilines is 1. The Balaban J connectivity index is 1.51. The first-order valence-corrected chi connectivity index (χ1v) is 12.1. The lowest BCUT2D eigenvalue weighted by Gasteiger charge is -2.34. The molecule has 2 aromatic carbocycles. The molecule has 3 aromatic rings. The highest BCUT2D eigenvalue weighted by atomic mass is 32.2. The monoisotopic (exact) mass is 472 g/mol. The third-order valence-electron chi connectivity index (χ3n) is 5.65. The van der Waals surface area contributed by atoms with Crippen LogP contribution in [0.3, 0.4) is 0 Å². The quantitative estimate of drug-likeness (QED) is 0.611. The molecule has 1 N–H and O–H groups in total. The zero-order valence-corrected chi connectivity index (χ0v) is 19.4. The Morgan fingerprint density at radius 3 is 2.36 bits per heavy atom. The fourth-order valence-electron chi connectivity index (χ4n) is 4.14. The number of tetrazole rings is 1. The molecule has 33 heavy (non-hydrogen) atoms. The van der Waals surface area contributed by atoms with Crippen molar-refractivity contribution in [3.8, 4) is 5.69 Å². The van der Waals surface area contributed by atoms with E-state index in [0.717, 1.165) is 6.42 Å². The van der Waals surface area contributed by atoms with Crippen molar-refractivity contribution in [2.45, 2.75) is 32.1 Å². The molecule has 0 aliphatic carbocycles. The van der Waals surface area contributed by atoms with Gasteiger partial charge in [-0.2, -0.15) is 8.99 Å². The number of amides is 1. The van der Waals surface area contributed by atoms with Crippen LogP contribution in [-0.4, -0.2) is 51.9 Å². The van der Waals surface area contributed by atoms with Gasteiger partial charge in [0, 0.05) is 24.3 Å². The normalized spacial score (nSPS) is 19.4. The molecule has 0 bridgehead atoms. The Kier molecular flexibility index (Phi) is 6.26. The van der Waals surface area contributed by atoms with Crippen LogP contribution in [0.2, 0.25) is 0 Å². The predicted molar refractivity (Wildman–Crippen MR) is 120 cm³/mol. The molecule has 2 unspecified atom stereocenters. The van der Waals surface area contributed by atoms with Gasteiger partial charge in [-0.15, -0.1) is 5.10 Å². The summed E-state index contributed by atoms with van der Waals surface area (Å²) in [5.41, 5.74) is 0.722. The van der Waals surface area contributed by atoms with Crippen LogP contribution in [0.4, 0.5) is 10.1 Å². The first-order chi connectivity index (χ1) is 15.6. The summed E-state index contributed by atoms with van der Waals surface area (Å²) in [4.78, 5) is 12.9. The summed E-state index contributed by atoms with van der Waals surface area (Å²) in [6, 6.07) is 9.87. The molecule has 2 heterocycles. The molecule has 0 saturated carbocycles. The van der Waals surface area contributed by atoms with Gasteiger partial charge in [-0.1, -0.05) is 13.8 Å². The Morgan fingerprint density at radius 1 is 1.09 bits per heavy atom. The molecule has 4 rings (SSSR count). The fourth-order valence-corrected chi connectivity index (χ4v) is 5.82. The second-order valence-corrected chi connectivity index (χ2v) is 10.5. The zero-order chi connectivity index (χ0) is 23.8. The Labute approximate surface area is 191 Å². The van der Waals surface area contributed by atoms with Gasteiger partial charge in [-0.25, -0.2) is 12.8 Å². The minimum atomic E-state index is -3.63. The number of piperidine rings is 1. The highest BCUT2D eigenvalue weighted by Crippen LogP contribution is 2.27. The lowest BCUT2D eigenvalue weighted by atomic mass is 9.94. The van der Waals surface area contributed by atoms with Crippen molar-refractivity contribution in [3.63, 3.8) is 0 Å². The maximum absolute atomic E-state index is 14.2. The number of rotatable bonds is 5. The SMILES string of the molecule is Cc1nnnn1-c1cc(NC(=O)c2ccc(S(=O)(=O)N3CC(C)CC(C)C3)cc2)ccc1F. The van der Waals surface area contributed by atoms with Crippen LogP contribution >= 0.6 is 0 Å². The van der Waals surface area contributed by atoms with Crippen LogP contribution in [0.15, 0.2) is 47.4 Å². The molecule has 1 fully saturated rings. The molecule has 0 radical (unpaired) electrons. The number of carbonyl (C=O) groups is 1. The van der Waals surface area contributed by atoms with E-state index in [1.54, 1.807) is 6.92 Å². The number of nitrogens with one attached hydrogen (secondary N) is 1. The number of hydrogen-bond donors (Lipinski definition) is 1. The van der Waals surface area contributed by atoms with E-state index in [0.29, 0.717) is 36.4 Å². The fraction of sp³-hybridized carbons (Fsp3) is 0.364. The number of hydrogen-bond acceptors (Lipinski definition) is 6. The maximum atomic E-state index is 14.2. The molecule has 174 valence electrons. The topological polar surface area (TPSA) is 110 Å². The average molecular weight is 473 g/mol. The number of benzene rings is 2. The smallest absolute Gasteiger partial charge is 0.255 e. The first kappa shape index (κ1) is 23.0. The standard InChI is InChI=1S/C22H25FN6O3S/c1-14-10-15(2)13-28(12-14)33(31,32)19-7-4-17(5-8-19)22(30)24-18-6-9-20(23)21(11-18)29-16(3)25-26-27-29/h4-9,11,14-15H,10,12-13H2,1-3H3,(H,24,30). The Morgan fingerprint density at radius 2 is 1.76 bits per heavy atom. The van der Waals surface area contributed by atoms with Gasteiger partial charge >= 0.3 is 0 Å². The molecule has 1 aliphatic rings. The van der Waals surface area contributed by atoms with Gasteiger partial charge in [-0.05, 0) is 78.1 Å². The zero-order valence-electron chi connectivity index (χ0n) is 18.6. The van der Waals surface area contributed by atoms with Crippen molar-refractivity contribution in [3.05, 3.63) is 59.7 Å². The van der Waals surface area contributed by atoms with Crippen LogP contribution in [0.1, 0.15) is 36.5 Å². The van der Waals surface area contributed by atoms with Crippen molar-refractivity contribution in [1.29, 1.82) is 0 Å². The lowest BCUT2D eigenvalue weighted by molar-refractivity contribution is 0.102. The molecule has 1 amide bonds. The summed E-state index contributed by atoms with van der Waals surface area (Å²) >= 11 is 0. The van der Waals surface area contributed by atoms with Gasteiger partial charge in [0.1, 0.15) is 11.5 Å². The summed E-state index contributed by atoms with van der Waals surface area (Å²) in [5, 5.41) is 13.7. The van der Waals surface area contributed by atoms with E-state index in [-0.39, 0.29) is 16.1 Å². The van der Waals surface area contributed by atoms with Crippen molar-refractivity contribution < 1.29 is 17.6 Å². The second-order valence-electron chi connectivity index (χ2n) is 8.55. The van der Waals surface area contributed by atoms with E-state index in [4.69, 9.17) is 0 Å². The van der Waals surface area contributed by atoms with Gasteiger partial charge in [0.25, 0.3) is 5.91 Å². The van der Waals surface area contributed by atoms with Gasteiger partial charge in [0.15, 0.2) is 5.82 Å². The molecule has 1 saturated heterocycles. The van der Waals surface area contributed by atoms with Crippen molar-refractivity contribution in [2.75, 3.05) is 18.4 Å². The third kappa shape index (κ3) is 4.79. The van der Waals surface area contributed by atoms with Crippen LogP contribution in [0.25, 0.3) is 5.69 Å². The molecule has 0 spiro atoms. The predicted octanol–water partition coefficient (Wildman–Crippen LogP) is 3.03. The number of nitrogens with zero attached hydrogens (tertiary/aromatic N) is 5. The minimum Gasteiger partial charge on any atom is -0.322 e. The summed E-state index contributed by atoms with van der Waals surface area (Å²) in [6.45, 7) is 6.71. The summed E-state index contributed by atoms with van der Waals surface area (Å²) in [7, 11) is -3.63. The number of aromatic nitrogens is 4. The van der Waals surface area contributed by atoms with Gasteiger partial charge in [0.2, 0.25) is 10.0 Å². The molecular formula is C22H25FN6O3S. The molecule has 1 aromatic heterocycles. The largest absolute Gasteiger partial charge is 0.322 e. The number of carbonyl (C=O) groups excluding carboxylic acids is 1. The third-order valence-corrected chi connectivity index (χ3v) is 7.49. The molecule has 1 aliphatic heterocycles. The highest BCUT2D eigenvalue weighted by molar-refractivity contribution is 7.89. The number of sulfonamides is 1. The summed E-state index contributed by atoms with van der Waals surface area (Å²) < 4.78 is 43.0. The average Bonchev–Trinajstić information content (AvgIpc) is 3.20. The van der Waals surface area contributed by atoms with Crippen molar-refractivity contribution >= 4 is 21.6 Å². The van der Waals surface area contributed by atoms with Crippen LogP contribution in [-0.2, 0) is 10.0 Å². The van der Waals surface area contributed by atoms with E-state index < -0.39 is 21.7 Å². The van der Waals surface area contributed by atoms with E-state index in [2.05, 4.69) is 20.8 Å². The van der Waals surface area contributed by atoms with E-state index in [1.165, 1.54) is 51.5 Å². The van der Waals surface area contributed by atoms with E-state index >= 15 is 0 Å². The second kappa shape index (κ2) is 8.99. The Bertz CT molecular complexity index is 1270. The molecule has 11 heteroatoms. The van der Waals surface area contributed by atoms with Crippen LogP contribution < -0.4 is 5.32 Å².